The molecule has 0 bridgehead atoms. The van der Waals surface area contributed by atoms with Crippen molar-refractivity contribution in [2.24, 2.45) is 0 Å². The van der Waals surface area contributed by atoms with Gasteiger partial charge in [0, 0.05) is 7.05 Å². The van der Waals surface area contributed by atoms with Crippen molar-refractivity contribution in [2.45, 2.75) is 0 Å². The third kappa shape index (κ3) is 1.46. The Labute approximate surface area is 75.3 Å². The molecule has 0 aliphatic heterocycles. The molecule has 0 saturated carbocycles. The van der Waals surface area contributed by atoms with Crippen LogP contribution in [0.5, 0.6) is 5.75 Å². The van der Waals surface area contributed by atoms with Crippen molar-refractivity contribution in [1.29, 1.82) is 0 Å². The molecule has 66 valence electrons. The molecule has 1 N–H and O–H groups in total. The maximum absolute atomic E-state index is 13.3. The van der Waals surface area contributed by atoms with E-state index in [1.54, 1.807) is 13.1 Å². The van der Waals surface area contributed by atoms with Gasteiger partial charge in [0.05, 0.1) is 17.8 Å². The van der Waals surface area contributed by atoms with Crippen LogP contribution in [0.15, 0.2) is 12.1 Å². The summed E-state index contributed by atoms with van der Waals surface area (Å²) in [5, 5.41) is 2.99. The lowest BCUT2D eigenvalue weighted by molar-refractivity contribution is 0.387. The monoisotopic (exact) mass is 189 g/mol. The largest absolute Gasteiger partial charge is 0.494 e. The van der Waals surface area contributed by atoms with Gasteiger partial charge in [0.1, 0.15) is 0 Å². The van der Waals surface area contributed by atoms with E-state index >= 15 is 0 Å². The highest BCUT2D eigenvalue weighted by molar-refractivity contribution is 6.33. The van der Waals surface area contributed by atoms with Crippen molar-refractivity contribution in [3.8, 4) is 5.75 Å². The van der Waals surface area contributed by atoms with Crippen LogP contribution >= 0.6 is 11.6 Å². The van der Waals surface area contributed by atoms with Crippen LogP contribution in [0.2, 0.25) is 5.02 Å². The summed E-state index contributed by atoms with van der Waals surface area (Å²) in [7, 11) is 3.01. The summed E-state index contributed by atoms with van der Waals surface area (Å²) in [6.07, 6.45) is 0. The van der Waals surface area contributed by atoms with Gasteiger partial charge in [0.25, 0.3) is 0 Å². The van der Waals surface area contributed by atoms with E-state index in [4.69, 9.17) is 16.3 Å². The zero-order valence-corrected chi connectivity index (χ0v) is 7.57. The van der Waals surface area contributed by atoms with Crippen LogP contribution in [0.3, 0.4) is 0 Å². The van der Waals surface area contributed by atoms with Gasteiger partial charge in [-0.25, -0.2) is 4.39 Å². The lowest BCUT2D eigenvalue weighted by Gasteiger charge is -2.08. The van der Waals surface area contributed by atoms with Crippen molar-refractivity contribution in [2.75, 3.05) is 19.5 Å². The normalized spacial score (nSPS) is 9.67. The van der Waals surface area contributed by atoms with Crippen molar-refractivity contribution < 1.29 is 9.13 Å². The number of hydrogen-bond donors (Lipinski definition) is 1. The lowest BCUT2D eigenvalue weighted by Crippen LogP contribution is -1.96. The quantitative estimate of drug-likeness (QED) is 0.772. The second kappa shape index (κ2) is 3.63. The van der Waals surface area contributed by atoms with Crippen molar-refractivity contribution in [1.82, 2.24) is 0 Å². The fraction of sp³-hybridized carbons (Fsp3) is 0.250. The fourth-order valence-electron chi connectivity index (χ4n) is 0.920. The molecule has 1 rings (SSSR count). The number of ether oxygens (including phenoxy) is 1. The lowest BCUT2D eigenvalue weighted by atomic mass is 10.3. The third-order valence-corrected chi connectivity index (χ3v) is 1.84. The first-order valence-electron chi connectivity index (χ1n) is 3.40. The molecule has 0 fully saturated rings. The topological polar surface area (TPSA) is 21.3 Å². The first kappa shape index (κ1) is 9.13. The van der Waals surface area contributed by atoms with Crippen LogP contribution in [0.1, 0.15) is 0 Å². The molecule has 4 heteroatoms. The average molecular weight is 190 g/mol. The predicted octanol–water partition coefficient (Wildman–Crippen LogP) is 2.53. The Hall–Kier alpha value is -0.960. The van der Waals surface area contributed by atoms with E-state index in [9.17, 15) is 4.39 Å². The molecule has 12 heavy (non-hydrogen) atoms. The van der Waals surface area contributed by atoms with E-state index in [-0.39, 0.29) is 11.4 Å². The van der Waals surface area contributed by atoms with E-state index in [0.29, 0.717) is 5.02 Å². The SMILES string of the molecule is CNc1c(Cl)ccc(OC)c1F. The van der Waals surface area contributed by atoms with E-state index < -0.39 is 5.82 Å². The number of anilines is 1. The van der Waals surface area contributed by atoms with E-state index in [1.807, 2.05) is 0 Å². The molecule has 2 nitrogen and oxygen atoms in total. The minimum atomic E-state index is -0.465. The molecule has 0 spiro atoms. The van der Waals surface area contributed by atoms with Gasteiger partial charge in [0.15, 0.2) is 11.6 Å². The van der Waals surface area contributed by atoms with Crippen molar-refractivity contribution >= 4 is 17.3 Å². The molecule has 0 atom stereocenters. The molecular weight excluding hydrogens is 181 g/mol. The summed E-state index contributed by atoms with van der Waals surface area (Å²) >= 11 is 5.70. The highest BCUT2D eigenvalue weighted by atomic mass is 35.5. The summed E-state index contributed by atoms with van der Waals surface area (Å²) in [5.74, 6) is -0.281. The Balaban J connectivity index is 3.24. The summed E-state index contributed by atoms with van der Waals surface area (Å²) in [5.41, 5.74) is 0.260. The van der Waals surface area contributed by atoms with E-state index in [0.717, 1.165) is 0 Å². The molecule has 0 aromatic heterocycles. The molecule has 0 heterocycles. The Kier molecular flexibility index (Phi) is 2.76. The van der Waals surface area contributed by atoms with Gasteiger partial charge in [-0.1, -0.05) is 11.6 Å². The van der Waals surface area contributed by atoms with Crippen molar-refractivity contribution in [3.63, 3.8) is 0 Å². The Morgan fingerprint density at radius 3 is 2.67 bits per heavy atom. The summed E-state index contributed by atoms with van der Waals surface area (Å²) < 4.78 is 18.0. The Morgan fingerprint density at radius 1 is 1.50 bits per heavy atom. The number of halogens is 2. The highest BCUT2D eigenvalue weighted by Gasteiger charge is 2.10. The Bertz CT molecular complexity index is 291. The number of nitrogens with one attached hydrogen (secondary N) is 1. The van der Waals surface area contributed by atoms with Crippen molar-refractivity contribution in [3.05, 3.63) is 23.0 Å². The van der Waals surface area contributed by atoms with Crippen LogP contribution in [-0.2, 0) is 0 Å². The number of methoxy groups -OCH3 is 1. The number of benzene rings is 1. The second-order valence-corrected chi connectivity index (χ2v) is 2.60. The highest BCUT2D eigenvalue weighted by Crippen LogP contribution is 2.30. The minimum Gasteiger partial charge on any atom is -0.494 e. The molecular formula is C8H9ClFNO. The van der Waals surface area contributed by atoms with Gasteiger partial charge < -0.3 is 10.1 Å². The van der Waals surface area contributed by atoms with Crippen LogP contribution in [0.25, 0.3) is 0 Å². The Morgan fingerprint density at radius 2 is 2.17 bits per heavy atom. The van der Waals surface area contributed by atoms with Gasteiger partial charge in [-0.2, -0.15) is 0 Å². The van der Waals surface area contributed by atoms with Crippen LogP contribution in [0.4, 0.5) is 10.1 Å². The van der Waals surface area contributed by atoms with Gasteiger partial charge in [-0.05, 0) is 12.1 Å². The second-order valence-electron chi connectivity index (χ2n) is 2.19. The number of rotatable bonds is 2. The molecule has 0 radical (unpaired) electrons. The van der Waals surface area contributed by atoms with Crippen LogP contribution < -0.4 is 10.1 Å². The maximum atomic E-state index is 13.3. The molecule has 1 aromatic carbocycles. The number of hydrogen-bond acceptors (Lipinski definition) is 2. The van der Waals surface area contributed by atoms with Crippen LogP contribution in [-0.4, -0.2) is 14.2 Å². The average Bonchev–Trinajstić information content (AvgIpc) is 2.06. The van der Waals surface area contributed by atoms with Gasteiger partial charge in [-0.3, -0.25) is 0 Å². The smallest absolute Gasteiger partial charge is 0.189 e. The maximum Gasteiger partial charge on any atom is 0.189 e. The van der Waals surface area contributed by atoms with Crippen LogP contribution in [0, 0.1) is 5.82 Å². The predicted molar refractivity (Wildman–Crippen MR) is 47.5 cm³/mol. The first-order valence-corrected chi connectivity index (χ1v) is 3.78. The fourth-order valence-corrected chi connectivity index (χ4v) is 1.16. The summed E-state index contributed by atoms with van der Waals surface area (Å²) in [6, 6.07) is 3.06. The third-order valence-electron chi connectivity index (χ3n) is 1.53. The van der Waals surface area contributed by atoms with E-state index in [1.165, 1.54) is 13.2 Å². The van der Waals surface area contributed by atoms with Gasteiger partial charge in [0.2, 0.25) is 0 Å². The molecule has 0 amide bonds. The zero-order chi connectivity index (χ0) is 9.14. The standard InChI is InChI=1S/C8H9ClFNO/c1-11-8-5(9)3-4-6(12-2)7(8)10/h3-4,11H,1-2H3. The molecule has 1 aromatic rings. The zero-order valence-electron chi connectivity index (χ0n) is 6.82. The summed E-state index contributed by atoms with van der Waals surface area (Å²) in [6.45, 7) is 0. The first-order chi connectivity index (χ1) is 5.70. The molecule has 0 aliphatic rings. The molecule has 0 unspecified atom stereocenters. The van der Waals surface area contributed by atoms with E-state index in [2.05, 4.69) is 5.32 Å². The molecule has 0 aliphatic carbocycles. The van der Waals surface area contributed by atoms with Gasteiger partial charge >= 0.3 is 0 Å². The molecule has 0 saturated heterocycles. The minimum absolute atomic E-state index is 0.184. The van der Waals surface area contributed by atoms with Gasteiger partial charge in [-0.15, -0.1) is 0 Å². The summed E-state index contributed by atoms with van der Waals surface area (Å²) in [4.78, 5) is 0.